The lowest BCUT2D eigenvalue weighted by Gasteiger charge is -2.18. The van der Waals surface area contributed by atoms with E-state index in [0.29, 0.717) is 22.4 Å². The third-order valence-corrected chi connectivity index (χ3v) is 5.96. The van der Waals surface area contributed by atoms with E-state index >= 15 is 0 Å². The summed E-state index contributed by atoms with van der Waals surface area (Å²) in [4.78, 5) is 22.3. The molecule has 9 heteroatoms. The van der Waals surface area contributed by atoms with Crippen LogP contribution < -0.4 is 15.8 Å². The molecule has 5 N–H and O–H groups in total. The summed E-state index contributed by atoms with van der Waals surface area (Å²) < 4.78 is 28.5. The number of primary amides is 1. The normalized spacial score (nSPS) is 12.1. The van der Waals surface area contributed by atoms with Crippen molar-refractivity contribution >= 4 is 27.7 Å². The summed E-state index contributed by atoms with van der Waals surface area (Å²) in [5.74, 6) is -1.12. The van der Waals surface area contributed by atoms with E-state index in [2.05, 4.69) is 10.0 Å². The molecule has 160 valence electrons. The standard InChI is InChI=1S/C22H21N3O5S/c23-22(28)24-18-10-4-8-16(12-18)17-9-5-11-19(13-17)31(29,30)25-20(14-21(26)27)15-6-2-1-3-7-15/h1-13,20,25H,14H2,(H,26,27)(H3,23,24,28)/t20-/m1/s1. The minimum atomic E-state index is -4.02. The first kappa shape index (κ1) is 22.0. The van der Waals surface area contributed by atoms with Gasteiger partial charge in [0.15, 0.2) is 0 Å². The third-order valence-electron chi connectivity index (χ3n) is 4.49. The molecule has 8 nitrogen and oxygen atoms in total. The van der Waals surface area contributed by atoms with Crippen LogP contribution in [0.1, 0.15) is 18.0 Å². The van der Waals surface area contributed by atoms with Gasteiger partial charge in [-0.15, -0.1) is 0 Å². The second-order valence-electron chi connectivity index (χ2n) is 6.78. The number of nitrogens with two attached hydrogens (primary N) is 1. The molecule has 3 rings (SSSR count). The van der Waals surface area contributed by atoms with Crippen molar-refractivity contribution in [1.29, 1.82) is 0 Å². The van der Waals surface area contributed by atoms with Gasteiger partial charge in [0.25, 0.3) is 0 Å². The number of anilines is 1. The van der Waals surface area contributed by atoms with Crippen molar-refractivity contribution < 1.29 is 23.1 Å². The lowest BCUT2D eigenvalue weighted by molar-refractivity contribution is -0.137. The van der Waals surface area contributed by atoms with Crippen molar-refractivity contribution in [2.45, 2.75) is 17.4 Å². The number of rotatable bonds is 8. The lowest BCUT2D eigenvalue weighted by atomic mass is 10.1. The molecule has 0 spiro atoms. The monoisotopic (exact) mass is 439 g/mol. The number of aliphatic carboxylic acids is 1. The highest BCUT2D eigenvalue weighted by Crippen LogP contribution is 2.26. The molecule has 31 heavy (non-hydrogen) atoms. The molecule has 0 saturated heterocycles. The minimum absolute atomic E-state index is 0.00965. The predicted molar refractivity (Wildman–Crippen MR) is 117 cm³/mol. The van der Waals surface area contributed by atoms with Crippen molar-refractivity contribution in [3.63, 3.8) is 0 Å². The van der Waals surface area contributed by atoms with E-state index in [-0.39, 0.29) is 4.90 Å². The maximum Gasteiger partial charge on any atom is 0.316 e. The van der Waals surface area contributed by atoms with E-state index in [9.17, 15) is 23.1 Å². The van der Waals surface area contributed by atoms with Crippen molar-refractivity contribution in [2.24, 2.45) is 5.73 Å². The number of carboxylic acids is 1. The first-order valence-corrected chi connectivity index (χ1v) is 10.8. The molecule has 3 aromatic rings. The average Bonchev–Trinajstić information content (AvgIpc) is 2.73. The van der Waals surface area contributed by atoms with Crippen LogP contribution in [0.2, 0.25) is 0 Å². The van der Waals surface area contributed by atoms with Crippen LogP contribution in [0.5, 0.6) is 0 Å². The van der Waals surface area contributed by atoms with Gasteiger partial charge in [0.2, 0.25) is 10.0 Å². The zero-order valence-electron chi connectivity index (χ0n) is 16.4. The van der Waals surface area contributed by atoms with Crippen LogP contribution in [0.25, 0.3) is 11.1 Å². The van der Waals surface area contributed by atoms with Crippen LogP contribution in [0.15, 0.2) is 83.8 Å². The van der Waals surface area contributed by atoms with Gasteiger partial charge in [-0.05, 0) is 41.0 Å². The Hall–Kier alpha value is -3.69. The van der Waals surface area contributed by atoms with Gasteiger partial charge in [-0.1, -0.05) is 54.6 Å². The Bertz CT molecular complexity index is 1200. The van der Waals surface area contributed by atoms with Gasteiger partial charge in [0.1, 0.15) is 0 Å². The summed E-state index contributed by atoms with van der Waals surface area (Å²) >= 11 is 0. The van der Waals surface area contributed by atoms with Gasteiger partial charge >= 0.3 is 12.0 Å². The molecule has 0 aliphatic rings. The Balaban J connectivity index is 1.91. The second-order valence-corrected chi connectivity index (χ2v) is 8.49. The Morgan fingerprint density at radius 2 is 1.55 bits per heavy atom. The number of amides is 2. The van der Waals surface area contributed by atoms with E-state index in [1.54, 1.807) is 66.7 Å². The molecule has 0 saturated carbocycles. The summed E-state index contributed by atoms with van der Waals surface area (Å²) in [6.45, 7) is 0. The molecule has 0 radical (unpaired) electrons. The van der Waals surface area contributed by atoms with Gasteiger partial charge in [-0.2, -0.15) is 0 Å². The SMILES string of the molecule is NC(=O)Nc1cccc(-c2cccc(S(=O)(=O)N[C@H](CC(=O)O)c3ccccc3)c2)c1. The van der Waals surface area contributed by atoms with Gasteiger partial charge < -0.3 is 16.2 Å². The summed E-state index contributed by atoms with van der Waals surface area (Å²) in [7, 11) is -4.02. The highest BCUT2D eigenvalue weighted by atomic mass is 32.2. The van der Waals surface area contributed by atoms with Crippen molar-refractivity contribution in [2.75, 3.05) is 5.32 Å². The van der Waals surface area contributed by atoms with Crippen LogP contribution >= 0.6 is 0 Å². The lowest BCUT2D eigenvalue weighted by Crippen LogP contribution is -2.30. The zero-order valence-corrected chi connectivity index (χ0v) is 17.2. The molecule has 3 aromatic carbocycles. The van der Waals surface area contributed by atoms with Crippen LogP contribution in [-0.2, 0) is 14.8 Å². The molecular formula is C22H21N3O5S. The highest BCUT2D eigenvalue weighted by Gasteiger charge is 2.24. The molecule has 0 fully saturated rings. The van der Waals surface area contributed by atoms with Crippen LogP contribution in [-0.4, -0.2) is 25.5 Å². The number of sulfonamides is 1. The molecule has 0 unspecified atom stereocenters. The first-order valence-electron chi connectivity index (χ1n) is 9.30. The van der Waals surface area contributed by atoms with Crippen LogP contribution in [0, 0.1) is 0 Å². The zero-order chi connectivity index (χ0) is 22.4. The fraction of sp³-hybridized carbons (Fsp3) is 0.0909. The minimum Gasteiger partial charge on any atom is -0.481 e. The fourth-order valence-electron chi connectivity index (χ4n) is 3.10. The molecule has 0 aliphatic heterocycles. The smallest absolute Gasteiger partial charge is 0.316 e. The largest absolute Gasteiger partial charge is 0.481 e. The Morgan fingerprint density at radius 3 is 2.19 bits per heavy atom. The van der Waals surface area contributed by atoms with E-state index in [0.717, 1.165) is 0 Å². The third kappa shape index (κ3) is 5.91. The van der Waals surface area contributed by atoms with Gasteiger partial charge in [-0.25, -0.2) is 17.9 Å². The van der Waals surface area contributed by atoms with Crippen LogP contribution in [0.3, 0.4) is 0 Å². The summed E-state index contributed by atoms with van der Waals surface area (Å²) in [6, 6.07) is 19.9. The number of urea groups is 1. The predicted octanol–water partition coefficient (Wildman–Crippen LogP) is 3.34. The topological polar surface area (TPSA) is 139 Å². The number of carbonyl (C=O) groups is 2. The molecular weight excluding hydrogens is 418 g/mol. The van der Waals surface area contributed by atoms with Crippen molar-refractivity contribution in [1.82, 2.24) is 4.72 Å². The Labute approximate surface area is 179 Å². The van der Waals surface area contributed by atoms with E-state index < -0.39 is 34.5 Å². The Kier molecular flexibility index (Phi) is 6.68. The molecule has 0 aromatic heterocycles. The number of carbonyl (C=O) groups excluding carboxylic acids is 1. The number of carboxylic acid groups (broad SMARTS) is 1. The summed E-state index contributed by atoms with van der Waals surface area (Å²) in [5, 5.41) is 11.7. The summed E-state index contributed by atoms with van der Waals surface area (Å²) in [5.41, 5.74) is 7.45. The molecule has 0 heterocycles. The van der Waals surface area contributed by atoms with Gasteiger partial charge in [-0.3, -0.25) is 4.79 Å². The number of hydrogen-bond acceptors (Lipinski definition) is 4. The fourth-order valence-corrected chi connectivity index (χ4v) is 4.37. The Morgan fingerprint density at radius 1 is 0.903 bits per heavy atom. The molecule has 0 bridgehead atoms. The van der Waals surface area contributed by atoms with Gasteiger partial charge in [0.05, 0.1) is 17.4 Å². The van der Waals surface area contributed by atoms with E-state index in [1.807, 2.05) is 0 Å². The van der Waals surface area contributed by atoms with Crippen molar-refractivity contribution in [3.05, 3.63) is 84.4 Å². The highest BCUT2D eigenvalue weighted by molar-refractivity contribution is 7.89. The molecule has 0 aliphatic carbocycles. The summed E-state index contributed by atoms with van der Waals surface area (Å²) in [6.07, 6.45) is -0.399. The number of hydrogen-bond donors (Lipinski definition) is 4. The van der Waals surface area contributed by atoms with E-state index in [4.69, 9.17) is 5.73 Å². The van der Waals surface area contributed by atoms with Crippen molar-refractivity contribution in [3.8, 4) is 11.1 Å². The average molecular weight is 439 g/mol. The maximum atomic E-state index is 13.0. The second kappa shape index (κ2) is 9.41. The molecule has 2 amide bonds. The number of nitrogens with one attached hydrogen (secondary N) is 2. The maximum absolute atomic E-state index is 13.0. The van der Waals surface area contributed by atoms with Crippen LogP contribution in [0.4, 0.5) is 10.5 Å². The van der Waals surface area contributed by atoms with Gasteiger partial charge in [0, 0.05) is 5.69 Å². The number of benzene rings is 3. The molecule has 1 atom stereocenters. The first-order chi connectivity index (χ1) is 14.7. The quantitative estimate of drug-likeness (QED) is 0.426. The van der Waals surface area contributed by atoms with E-state index in [1.165, 1.54) is 12.1 Å².